The van der Waals surface area contributed by atoms with Gasteiger partial charge in [0.2, 0.25) is 0 Å². The maximum atomic E-state index is 9.16. The van der Waals surface area contributed by atoms with Crippen LogP contribution in [-0.4, -0.2) is 39.4 Å². The third kappa shape index (κ3) is 2.65. The highest BCUT2D eigenvalue weighted by molar-refractivity contribution is 6.29. The molecule has 0 aliphatic carbocycles. The maximum Gasteiger partial charge on any atom is 0.151 e. The summed E-state index contributed by atoms with van der Waals surface area (Å²) in [6.07, 6.45) is 2.21. The van der Waals surface area contributed by atoms with Gasteiger partial charge in [-0.2, -0.15) is 5.10 Å². The lowest BCUT2D eigenvalue weighted by Crippen LogP contribution is -2.31. The fraction of sp³-hybridized carbons (Fsp3) is 0.600. The fourth-order valence-electron chi connectivity index (χ4n) is 1.95. The Balaban J connectivity index is 1.99. The van der Waals surface area contributed by atoms with Crippen molar-refractivity contribution >= 4 is 11.6 Å². The smallest absolute Gasteiger partial charge is 0.151 e. The second kappa shape index (κ2) is 4.88. The first-order valence-electron chi connectivity index (χ1n) is 5.12. The Labute approximate surface area is 93.9 Å². The summed E-state index contributed by atoms with van der Waals surface area (Å²) < 4.78 is 0. The second-order valence-corrected chi connectivity index (χ2v) is 4.18. The summed E-state index contributed by atoms with van der Waals surface area (Å²) in [5.41, 5.74) is 0.903. The summed E-state index contributed by atoms with van der Waals surface area (Å²) >= 11 is 5.66. The van der Waals surface area contributed by atoms with Crippen molar-refractivity contribution < 1.29 is 5.11 Å². The average Bonchev–Trinajstić information content (AvgIpc) is 2.69. The van der Waals surface area contributed by atoms with Crippen molar-refractivity contribution in [2.45, 2.75) is 25.4 Å². The summed E-state index contributed by atoms with van der Waals surface area (Å²) in [5.74, 6) is 0. The van der Waals surface area contributed by atoms with E-state index in [4.69, 9.17) is 16.7 Å². The summed E-state index contributed by atoms with van der Waals surface area (Å²) in [6.45, 7) is 1.99. The van der Waals surface area contributed by atoms with Crippen LogP contribution in [0.15, 0.2) is 12.1 Å². The van der Waals surface area contributed by atoms with Crippen molar-refractivity contribution in [1.82, 2.24) is 15.1 Å². The van der Waals surface area contributed by atoms with E-state index in [2.05, 4.69) is 15.1 Å². The lowest BCUT2D eigenvalue weighted by molar-refractivity contribution is 0.152. The van der Waals surface area contributed by atoms with Crippen LogP contribution >= 0.6 is 11.6 Å². The van der Waals surface area contributed by atoms with Gasteiger partial charge in [0.05, 0.1) is 12.3 Å². The Kier molecular flexibility index (Phi) is 3.51. The Morgan fingerprint density at radius 3 is 3.00 bits per heavy atom. The van der Waals surface area contributed by atoms with Gasteiger partial charge in [0.15, 0.2) is 5.15 Å². The molecule has 4 nitrogen and oxygen atoms in total. The van der Waals surface area contributed by atoms with Gasteiger partial charge < -0.3 is 5.11 Å². The third-order valence-corrected chi connectivity index (χ3v) is 2.96. The number of hydrogen-bond donors (Lipinski definition) is 1. The molecular formula is C10H14ClN3O. The van der Waals surface area contributed by atoms with Crippen molar-refractivity contribution in [2.75, 3.05) is 13.2 Å². The molecule has 0 bridgehead atoms. The molecule has 0 saturated carbocycles. The van der Waals surface area contributed by atoms with E-state index in [1.807, 2.05) is 6.07 Å². The number of aliphatic hydroxyl groups excluding tert-OH is 1. The molecule has 0 spiro atoms. The summed E-state index contributed by atoms with van der Waals surface area (Å²) in [6, 6.07) is 3.90. The van der Waals surface area contributed by atoms with Crippen LogP contribution in [0.25, 0.3) is 0 Å². The predicted octanol–water partition coefficient (Wildman–Crippen LogP) is 1.09. The minimum absolute atomic E-state index is 0.223. The van der Waals surface area contributed by atoms with Crippen molar-refractivity contribution in [1.29, 1.82) is 0 Å². The van der Waals surface area contributed by atoms with Gasteiger partial charge in [0, 0.05) is 12.6 Å². The van der Waals surface area contributed by atoms with Crippen LogP contribution in [0.1, 0.15) is 18.5 Å². The SMILES string of the molecule is OCC1CCCN1Cc1ccc(Cl)nn1. The van der Waals surface area contributed by atoms with Gasteiger partial charge in [-0.1, -0.05) is 11.6 Å². The van der Waals surface area contributed by atoms with E-state index in [-0.39, 0.29) is 12.6 Å². The van der Waals surface area contributed by atoms with Crippen LogP contribution in [-0.2, 0) is 6.54 Å². The van der Waals surface area contributed by atoms with Crippen molar-refractivity contribution in [3.8, 4) is 0 Å². The first-order valence-corrected chi connectivity index (χ1v) is 5.50. The molecule has 1 fully saturated rings. The van der Waals surface area contributed by atoms with Gasteiger partial charge in [0.25, 0.3) is 0 Å². The molecular weight excluding hydrogens is 214 g/mol. The molecule has 1 aliphatic heterocycles. The fourth-order valence-corrected chi connectivity index (χ4v) is 2.05. The Morgan fingerprint density at radius 2 is 2.33 bits per heavy atom. The van der Waals surface area contributed by atoms with Crippen molar-refractivity contribution in [2.24, 2.45) is 0 Å². The van der Waals surface area contributed by atoms with E-state index in [0.717, 1.165) is 31.6 Å². The van der Waals surface area contributed by atoms with Gasteiger partial charge in [0.1, 0.15) is 0 Å². The van der Waals surface area contributed by atoms with Crippen molar-refractivity contribution in [3.05, 3.63) is 23.0 Å². The van der Waals surface area contributed by atoms with Crippen LogP contribution < -0.4 is 0 Å². The molecule has 2 rings (SSSR count). The van der Waals surface area contributed by atoms with Crippen LogP contribution in [0.5, 0.6) is 0 Å². The van der Waals surface area contributed by atoms with Crippen LogP contribution in [0.2, 0.25) is 5.15 Å². The number of hydrogen-bond acceptors (Lipinski definition) is 4. The van der Waals surface area contributed by atoms with Gasteiger partial charge >= 0.3 is 0 Å². The zero-order valence-electron chi connectivity index (χ0n) is 8.43. The number of halogens is 1. The van der Waals surface area contributed by atoms with Gasteiger partial charge in [-0.15, -0.1) is 5.10 Å². The summed E-state index contributed by atoms with van der Waals surface area (Å²) in [5, 5.41) is 17.4. The molecule has 15 heavy (non-hydrogen) atoms. The average molecular weight is 228 g/mol. The van der Waals surface area contributed by atoms with Gasteiger partial charge in [-0.25, -0.2) is 0 Å². The summed E-state index contributed by atoms with van der Waals surface area (Å²) in [4.78, 5) is 2.23. The van der Waals surface area contributed by atoms with Crippen LogP contribution in [0.3, 0.4) is 0 Å². The van der Waals surface area contributed by atoms with E-state index >= 15 is 0 Å². The molecule has 0 amide bonds. The first-order chi connectivity index (χ1) is 7.29. The van der Waals surface area contributed by atoms with Gasteiger partial charge in [-0.3, -0.25) is 4.90 Å². The highest BCUT2D eigenvalue weighted by Gasteiger charge is 2.23. The maximum absolute atomic E-state index is 9.16. The quantitative estimate of drug-likeness (QED) is 0.840. The zero-order valence-corrected chi connectivity index (χ0v) is 9.19. The third-order valence-electron chi connectivity index (χ3n) is 2.76. The van der Waals surface area contributed by atoms with E-state index in [0.29, 0.717) is 5.15 Å². The molecule has 0 radical (unpaired) electrons. The Morgan fingerprint density at radius 1 is 1.47 bits per heavy atom. The number of rotatable bonds is 3. The molecule has 1 aromatic heterocycles. The Hall–Kier alpha value is -0.710. The standard InChI is InChI=1S/C10H14ClN3O/c11-10-4-3-8(12-13-10)6-14-5-1-2-9(14)7-15/h3-4,9,15H,1-2,5-7H2. The molecule has 1 atom stereocenters. The molecule has 0 aromatic carbocycles. The lowest BCUT2D eigenvalue weighted by Gasteiger charge is -2.21. The largest absolute Gasteiger partial charge is 0.395 e. The van der Waals surface area contributed by atoms with E-state index in [1.54, 1.807) is 6.07 Å². The highest BCUT2D eigenvalue weighted by Crippen LogP contribution is 2.18. The molecule has 1 aliphatic rings. The predicted molar refractivity (Wildman–Crippen MR) is 57.6 cm³/mol. The molecule has 5 heteroatoms. The molecule has 1 N–H and O–H groups in total. The van der Waals surface area contributed by atoms with Crippen molar-refractivity contribution in [3.63, 3.8) is 0 Å². The van der Waals surface area contributed by atoms with E-state index in [9.17, 15) is 0 Å². The normalized spacial score (nSPS) is 22.1. The first kappa shape index (κ1) is 10.8. The highest BCUT2D eigenvalue weighted by atomic mass is 35.5. The van der Waals surface area contributed by atoms with Crippen LogP contribution in [0, 0.1) is 0 Å². The van der Waals surface area contributed by atoms with Gasteiger partial charge in [-0.05, 0) is 31.5 Å². The topological polar surface area (TPSA) is 49.2 Å². The minimum Gasteiger partial charge on any atom is -0.395 e. The number of likely N-dealkylation sites (tertiary alicyclic amines) is 1. The molecule has 82 valence electrons. The number of nitrogens with zero attached hydrogens (tertiary/aromatic N) is 3. The summed E-state index contributed by atoms with van der Waals surface area (Å²) in [7, 11) is 0. The van der Waals surface area contributed by atoms with E-state index < -0.39 is 0 Å². The molecule has 1 aromatic rings. The van der Waals surface area contributed by atoms with E-state index in [1.165, 1.54) is 0 Å². The Bertz CT molecular complexity index is 317. The molecule has 1 unspecified atom stereocenters. The second-order valence-electron chi connectivity index (χ2n) is 3.80. The molecule has 2 heterocycles. The molecule has 1 saturated heterocycles. The lowest BCUT2D eigenvalue weighted by atomic mass is 10.2. The minimum atomic E-state index is 0.223. The van der Waals surface area contributed by atoms with Crippen LogP contribution in [0.4, 0.5) is 0 Å². The number of aromatic nitrogens is 2. The zero-order chi connectivity index (χ0) is 10.7. The number of aliphatic hydroxyl groups is 1. The monoisotopic (exact) mass is 227 g/mol.